The van der Waals surface area contributed by atoms with Crippen molar-refractivity contribution < 1.29 is 42.1 Å². The van der Waals surface area contributed by atoms with Gasteiger partial charge in [0, 0.05) is 32.6 Å². The first kappa shape index (κ1) is 29.9. The number of carbonyl (C=O) groups excluding carboxylic acids is 2. The smallest absolute Gasteiger partial charge is 0.442 e. The molecule has 1 aromatic carbocycles. The Morgan fingerprint density at radius 2 is 1.89 bits per heavy atom. The number of carbonyl (C=O) groups is 2. The van der Waals surface area contributed by atoms with Gasteiger partial charge >= 0.3 is 6.36 Å². The summed E-state index contributed by atoms with van der Waals surface area (Å²) in [6.45, 7) is 5.59. The first-order chi connectivity index (χ1) is 16.4. The van der Waals surface area contributed by atoms with Crippen LogP contribution in [0.4, 0.5) is 13.2 Å². The number of aliphatic hydroxyl groups excluding tert-OH is 1. The maximum atomic E-state index is 12.9. The lowest BCUT2D eigenvalue weighted by Gasteiger charge is -2.22. The fraction of sp³-hybridized carbons (Fsp3) is 0.522. The number of ether oxygens (including phenoxy) is 3. The van der Waals surface area contributed by atoms with Gasteiger partial charge in [0.05, 0.1) is 25.4 Å². The van der Waals surface area contributed by atoms with Crippen molar-refractivity contribution in [2.45, 2.75) is 33.6 Å². The molecule has 0 radical (unpaired) electrons. The fourth-order valence-corrected chi connectivity index (χ4v) is 2.70. The molecule has 1 unspecified atom stereocenters. The van der Waals surface area contributed by atoms with E-state index in [0.717, 1.165) is 17.0 Å². The first-order valence-electron chi connectivity index (χ1n) is 10.9. The number of aliphatic hydroxyl groups is 1. The van der Waals surface area contributed by atoms with Gasteiger partial charge in [0.15, 0.2) is 5.90 Å². The predicted molar refractivity (Wildman–Crippen MR) is 123 cm³/mol. The minimum atomic E-state index is -4.86. The number of aliphatic imine (C=N–C) groups is 1. The summed E-state index contributed by atoms with van der Waals surface area (Å²) in [4.78, 5) is 31.4. The molecule has 1 rings (SSSR count). The SMILES string of the molecule is CCC(C)C(=N/C(=C(\C)C(=O)N(C)CCOCCO)N(C)C=O)Oc1cccc(OC(F)(F)F)c1. The standard InChI is InChI=1S/C23H32F3N3O6/c1-6-16(2)21(34-18-8-7-9-19(14-18)35-23(24,25)26)27-20(29(5)15-31)17(3)22(32)28(4)10-12-33-13-11-30/h7-9,14-16,30H,6,10-13H2,1-5H3/b20-17-,27-21?. The zero-order valence-corrected chi connectivity index (χ0v) is 20.5. The molecular formula is C23H32F3N3O6. The molecule has 2 amide bonds. The maximum Gasteiger partial charge on any atom is 0.573 e. The zero-order valence-electron chi connectivity index (χ0n) is 20.5. The van der Waals surface area contributed by atoms with E-state index in [9.17, 15) is 22.8 Å². The first-order valence-corrected chi connectivity index (χ1v) is 10.9. The van der Waals surface area contributed by atoms with Gasteiger partial charge in [-0.05, 0) is 25.5 Å². The Morgan fingerprint density at radius 3 is 2.46 bits per heavy atom. The van der Waals surface area contributed by atoms with Crippen LogP contribution in [0, 0.1) is 5.92 Å². The number of benzene rings is 1. The number of hydrogen-bond acceptors (Lipinski definition) is 7. The molecule has 0 aliphatic rings. The lowest BCUT2D eigenvalue weighted by atomic mass is 10.1. The molecule has 0 aliphatic carbocycles. The third-order valence-electron chi connectivity index (χ3n) is 4.81. The van der Waals surface area contributed by atoms with Crippen molar-refractivity contribution in [1.29, 1.82) is 0 Å². The number of likely N-dealkylation sites (N-methyl/N-ethyl adjacent to an activating group) is 1. The van der Waals surface area contributed by atoms with Crippen LogP contribution in [-0.2, 0) is 14.3 Å². The molecule has 12 heteroatoms. The van der Waals surface area contributed by atoms with Gasteiger partial charge in [-0.25, -0.2) is 0 Å². The number of alkyl halides is 3. The Kier molecular flexibility index (Phi) is 12.2. The van der Waals surface area contributed by atoms with E-state index in [1.165, 1.54) is 31.0 Å². The van der Waals surface area contributed by atoms with Crippen LogP contribution in [0.5, 0.6) is 11.5 Å². The second kappa shape index (κ2) is 14.3. The Hall–Kier alpha value is -3.12. The minimum Gasteiger partial charge on any atom is -0.442 e. The van der Waals surface area contributed by atoms with Crippen molar-refractivity contribution in [2.75, 3.05) is 40.5 Å². The molecule has 9 nitrogen and oxygen atoms in total. The van der Waals surface area contributed by atoms with Crippen molar-refractivity contribution in [3.8, 4) is 11.5 Å². The average Bonchev–Trinajstić information content (AvgIpc) is 2.81. The summed E-state index contributed by atoms with van der Waals surface area (Å²) >= 11 is 0. The number of amides is 2. The van der Waals surface area contributed by atoms with E-state index < -0.39 is 18.0 Å². The molecular weight excluding hydrogens is 471 g/mol. The van der Waals surface area contributed by atoms with Crippen LogP contribution in [0.3, 0.4) is 0 Å². The van der Waals surface area contributed by atoms with Crippen LogP contribution in [0.25, 0.3) is 0 Å². The second-order valence-corrected chi connectivity index (χ2v) is 7.61. The molecule has 0 bridgehead atoms. The molecule has 1 atom stereocenters. The largest absolute Gasteiger partial charge is 0.573 e. The summed E-state index contributed by atoms with van der Waals surface area (Å²) in [6.07, 6.45) is -3.82. The molecule has 196 valence electrons. The zero-order chi connectivity index (χ0) is 26.6. The molecule has 1 N–H and O–H groups in total. The lowest BCUT2D eigenvalue weighted by Crippen LogP contribution is -2.33. The van der Waals surface area contributed by atoms with Crippen molar-refractivity contribution in [1.82, 2.24) is 9.80 Å². The van der Waals surface area contributed by atoms with Crippen LogP contribution in [0.2, 0.25) is 0 Å². The van der Waals surface area contributed by atoms with Crippen LogP contribution in [-0.4, -0.2) is 79.9 Å². The van der Waals surface area contributed by atoms with Gasteiger partial charge in [0.2, 0.25) is 6.41 Å². The summed E-state index contributed by atoms with van der Waals surface area (Å²) in [6, 6.07) is 4.97. The Balaban J connectivity index is 3.32. The van der Waals surface area contributed by atoms with Gasteiger partial charge in [-0.3, -0.25) is 9.59 Å². The van der Waals surface area contributed by atoms with Gasteiger partial charge in [-0.1, -0.05) is 19.9 Å². The number of rotatable bonds is 13. The second-order valence-electron chi connectivity index (χ2n) is 7.61. The van der Waals surface area contributed by atoms with Crippen LogP contribution in [0.1, 0.15) is 27.2 Å². The summed E-state index contributed by atoms with van der Waals surface area (Å²) in [5.41, 5.74) is 0.141. The molecule has 0 aliphatic heterocycles. The van der Waals surface area contributed by atoms with Crippen molar-refractivity contribution in [3.05, 3.63) is 35.7 Å². The quantitative estimate of drug-likeness (QED) is 0.146. The number of hydrogen-bond donors (Lipinski definition) is 1. The molecule has 35 heavy (non-hydrogen) atoms. The highest BCUT2D eigenvalue weighted by molar-refractivity contribution is 5.94. The molecule has 0 aromatic heterocycles. The summed E-state index contributed by atoms with van der Waals surface area (Å²) < 4.78 is 52.6. The maximum absolute atomic E-state index is 12.9. The topological polar surface area (TPSA) is 101 Å². The Labute approximate surface area is 202 Å². The van der Waals surface area contributed by atoms with Crippen LogP contribution < -0.4 is 9.47 Å². The van der Waals surface area contributed by atoms with E-state index in [1.54, 1.807) is 14.0 Å². The molecule has 0 spiro atoms. The van der Waals surface area contributed by atoms with Crippen molar-refractivity contribution in [2.24, 2.45) is 10.9 Å². The summed E-state index contributed by atoms with van der Waals surface area (Å²) in [7, 11) is 2.97. The van der Waals surface area contributed by atoms with E-state index >= 15 is 0 Å². The van der Waals surface area contributed by atoms with Crippen molar-refractivity contribution >= 4 is 18.2 Å². The highest BCUT2D eigenvalue weighted by atomic mass is 19.4. The summed E-state index contributed by atoms with van der Waals surface area (Å²) in [5, 5.41) is 8.77. The highest BCUT2D eigenvalue weighted by Crippen LogP contribution is 2.27. The van der Waals surface area contributed by atoms with Crippen LogP contribution >= 0.6 is 0 Å². The Bertz CT molecular complexity index is 905. The third kappa shape index (κ3) is 10.4. The van der Waals surface area contributed by atoms with Gasteiger partial charge in [0.25, 0.3) is 5.91 Å². The molecule has 0 heterocycles. The molecule has 0 saturated heterocycles. The van der Waals surface area contributed by atoms with E-state index in [4.69, 9.17) is 14.6 Å². The average molecular weight is 504 g/mol. The highest BCUT2D eigenvalue weighted by Gasteiger charge is 2.31. The van der Waals surface area contributed by atoms with Gasteiger partial charge in [-0.15, -0.1) is 13.2 Å². The minimum absolute atomic E-state index is 0.0196. The normalized spacial score (nSPS) is 13.6. The van der Waals surface area contributed by atoms with Gasteiger partial charge < -0.3 is 29.1 Å². The van der Waals surface area contributed by atoms with Gasteiger partial charge in [0.1, 0.15) is 17.3 Å². The lowest BCUT2D eigenvalue weighted by molar-refractivity contribution is -0.274. The molecule has 0 saturated carbocycles. The van der Waals surface area contributed by atoms with E-state index in [1.807, 2.05) is 6.92 Å². The Morgan fingerprint density at radius 1 is 1.23 bits per heavy atom. The molecule has 0 fully saturated rings. The van der Waals surface area contributed by atoms with E-state index in [2.05, 4.69) is 9.73 Å². The van der Waals surface area contributed by atoms with Crippen LogP contribution in [0.15, 0.2) is 40.7 Å². The fourth-order valence-electron chi connectivity index (χ4n) is 2.70. The third-order valence-corrected chi connectivity index (χ3v) is 4.81. The monoisotopic (exact) mass is 503 g/mol. The van der Waals surface area contributed by atoms with E-state index in [-0.39, 0.29) is 55.3 Å². The van der Waals surface area contributed by atoms with Gasteiger partial charge in [-0.2, -0.15) is 4.99 Å². The predicted octanol–water partition coefficient (Wildman–Crippen LogP) is 3.20. The number of halogens is 3. The molecule has 1 aromatic rings. The summed E-state index contributed by atoms with van der Waals surface area (Å²) in [5.74, 6) is -1.02. The number of nitrogens with zero attached hydrogens (tertiary/aromatic N) is 3. The van der Waals surface area contributed by atoms with Crippen molar-refractivity contribution in [3.63, 3.8) is 0 Å². The van der Waals surface area contributed by atoms with E-state index in [0.29, 0.717) is 12.8 Å².